The Bertz CT molecular complexity index is 326. The fourth-order valence-electron chi connectivity index (χ4n) is 2.21. The summed E-state index contributed by atoms with van der Waals surface area (Å²) >= 11 is 0. The number of nitrogens with one attached hydrogen (secondary N) is 1. The van der Waals surface area contributed by atoms with Crippen molar-refractivity contribution in [2.45, 2.75) is 19.4 Å². The summed E-state index contributed by atoms with van der Waals surface area (Å²) in [6.07, 6.45) is 2.73. The SMILES string of the molecule is C=C(C)C[C@H](c1ccco1)N1CCNCC1. The molecule has 1 fully saturated rings. The Labute approximate surface area is 97.1 Å². The molecule has 0 aliphatic carbocycles. The number of piperazine rings is 1. The second kappa shape index (κ2) is 5.32. The fraction of sp³-hybridized carbons (Fsp3) is 0.538. The van der Waals surface area contributed by atoms with Crippen molar-refractivity contribution in [1.82, 2.24) is 10.2 Å². The highest BCUT2D eigenvalue weighted by molar-refractivity contribution is 5.09. The van der Waals surface area contributed by atoms with Crippen LogP contribution in [0.2, 0.25) is 0 Å². The van der Waals surface area contributed by atoms with Crippen LogP contribution in [0.25, 0.3) is 0 Å². The van der Waals surface area contributed by atoms with Crippen LogP contribution in [0.3, 0.4) is 0 Å². The minimum Gasteiger partial charge on any atom is -0.468 e. The summed E-state index contributed by atoms with van der Waals surface area (Å²) in [7, 11) is 0. The summed E-state index contributed by atoms with van der Waals surface area (Å²) in [6.45, 7) is 10.4. The molecule has 2 heterocycles. The third-order valence-electron chi connectivity index (χ3n) is 3.01. The molecule has 0 bridgehead atoms. The Morgan fingerprint density at radius 1 is 1.56 bits per heavy atom. The number of hydrogen-bond donors (Lipinski definition) is 1. The first kappa shape index (κ1) is 11.4. The van der Waals surface area contributed by atoms with Gasteiger partial charge in [-0.1, -0.05) is 5.57 Å². The van der Waals surface area contributed by atoms with Crippen molar-refractivity contribution in [3.8, 4) is 0 Å². The van der Waals surface area contributed by atoms with E-state index < -0.39 is 0 Å². The van der Waals surface area contributed by atoms with Crippen molar-refractivity contribution in [2.24, 2.45) is 0 Å². The molecule has 1 N–H and O–H groups in total. The lowest BCUT2D eigenvalue weighted by atomic mass is 10.0. The van der Waals surface area contributed by atoms with Gasteiger partial charge in [-0.2, -0.15) is 0 Å². The van der Waals surface area contributed by atoms with Crippen LogP contribution in [0.4, 0.5) is 0 Å². The smallest absolute Gasteiger partial charge is 0.121 e. The lowest BCUT2D eigenvalue weighted by molar-refractivity contribution is 0.153. The van der Waals surface area contributed by atoms with Crippen LogP contribution in [0.15, 0.2) is 35.0 Å². The summed E-state index contributed by atoms with van der Waals surface area (Å²) in [5.74, 6) is 1.06. The standard InChI is InChI=1S/C13H20N2O/c1-11(2)10-12(13-4-3-9-16-13)15-7-5-14-6-8-15/h3-4,9,12,14H,1,5-8,10H2,2H3/t12-/m1/s1. The van der Waals surface area contributed by atoms with E-state index in [9.17, 15) is 0 Å². The maximum absolute atomic E-state index is 5.55. The Hall–Kier alpha value is -1.06. The molecule has 1 aliphatic heterocycles. The first-order valence-corrected chi connectivity index (χ1v) is 5.90. The highest BCUT2D eigenvalue weighted by Gasteiger charge is 2.23. The van der Waals surface area contributed by atoms with E-state index in [1.165, 1.54) is 5.57 Å². The zero-order chi connectivity index (χ0) is 11.4. The molecule has 1 saturated heterocycles. The molecular formula is C13H20N2O. The van der Waals surface area contributed by atoms with E-state index in [1.807, 2.05) is 6.07 Å². The van der Waals surface area contributed by atoms with Crippen molar-refractivity contribution in [3.05, 3.63) is 36.3 Å². The average Bonchev–Trinajstić information content (AvgIpc) is 2.80. The van der Waals surface area contributed by atoms with Gasteiger partial charge >= 0.3 is 0 Å². The third-order valence-corrected chi connectivity index (χ3v) is 3.01. The van der Waals surface area contributed by atoms with Crippen LogP contribution in [-0.2, 0) is 0 Å². The van der Waals surface area contributed by atoms with Gasteiger partial charge in [-0.05, 0) is 25.5 Å². The summed E-state index contributed by atoms with van der Waals surface area (Å²) in [4.78, 5) is 2.48. The first-order chi connectivity index (χ1) is 7.77. The van der Waals surface area contributed by atoms with E-state index in [0.29, 0.717) is 6.04 Å². The van der Waals surface area contributed by atoms with Gasteiger partial charge in [0.2, 0.25) is 0 Å². The summed E-state index contributed by atoms with van der Waals surface area (Å²) < 4.78 is 5.55. The van der Waals surface area contributed by atoms with Crippen LogP contribution < -0.4 is 5.32 Å². The maximum atomic E-state index is 5.55. The molecule has 0 unspecified atom stereocenters. The lowest BCUT2D eigenvalue weighted by Gasteiger charge is -2.33. The lowest BCUT2D eigenvalue weighted by Crippen LogP contribution is -2.45. The average molecular weight is 220 g/mol. The van der Waals surface area contributed by atoms with E-state index >= 15 is 0 Å². The zero-order valence-corrected chi connectivity index (χ0v) is 9.91. The van der Waals surface area contributed by atoms with E-state index in [4.69, 9.17) is 4.42 Å². The van der Waals surface area contributed by atoms with E-state index in [1.54, 1.807) is 6.26 Å². The van der Waals surface area contributed by atoms with Crippen molar-refractivity contribution < 1.29 is 4.42 Å². The molecule has 0 radical (unpaired) electrons. The third kappa shape index (κ3) is 2.74. The van der Waals surface area contributed by atoms with Crippen LogP contribution in [0.1, 0.15) is 25.1 Å². The number of nitrogens with zero attached hydrogens (tertiary/aromatic N) is 1. The van der Waals surface area contributed by atoms with Gasteiger partial charge in [0.05, 0.1) is 12.3 Å². The quantitative estimate of drug-likeness (QED) is 0.788. The van der Waals surface area contributed by atoms with Crippen molar-refractivity contribution in [3.63, 3.8) is 0 Å². The molecule has 1 atom stereocenters. The van der Waals surface area contributed by atoms with Crippen molar-refractivity contribution in [1.29, 1.82) is 0 Å². The Morgan fingerprint density at radius 2 is 2.31 bits per heavy atom. The predicted molar refractivity (Wildman–Crippen MR) is 65.3 cm³/mol. The van der Waals surface area contributed by atoms with Gasteiger partial charge in [-0.25, -0.2) is 0 Å². The van der Waals surface area contributed by atoms with Gasteiger partial charge < -0.3 is 9.73 Å². The van der Waals surface area contributed by atoms with Gasteiger partial charge in [0.15, 0.2) is 0 Å². The first-order valence-electron chi connectivity index (χ1n) is 5.90. The fourth-order valence-corrected chi connectivity index (χ4v) is 2.21. The van der Waals surface area contributed by atoms with Crippen LogP contribution >= 0.6 is 0 Å². The van der Waals surface area contributed by atoms with Crippen LogP contribution in [-0.4, -0.2) is 31.1 Å². The second-order valence-electron chi connectivity index (χ2n) is 4.48. The Balaban J connectivity index is 2.10. The Morgan fingerprint density at radius 3 is 2.88 bits per heavy atom. The monoisotopic (exact) mass is 220 g/mol. The number of furan rings is 1. The maximum Gasteiger partial charge on any atom is 0.121 e. The molecule has 2 rings (SSSR count). The summed E-state index contributed by atoms with van der Waals surface area (Å²) in [6, 6.07) is 4.38. The van der Waals surface area contributed by atoms with E-state index in [-0.39, 0.29) is 0 Å². The normalized spacial score (nSPS) is 19.6. The molecule has 3 nitrogen and oxygen atoms in total. The van der Waals surface area contributed by atoms with Crippen LogP contribution in [0, 0.1) is 0 Å². The topological polar surface area (TPSA) is 28.4 Å². The molecule has 16 heavy (non-hydrogen) atoms. The molecule has 0 saturated carbocycles. The highest BCUT2D eigenvalue weighted by atomic mass is 16.3. The minimum atomic E-state index is 0.356. The summed E-state index contributed by atoms with van der Waals surface area (Å²) in [5.41, 5.74) is 1.21. The van der Waals surface area contributed by atoms with Crippen LogP contribution in [0.5, 0.6) is 0 Å². The van der Waals surface area contributed by atoms with E-state index in [2.05, 4.69) is 29.8 Å². The van der Waals surface area contributed by atoms with Gasteiger partial charge in [0.25, 0.3) is 0 Å². The minimum absolute atomic E-state index is 0.356. The van der Waals surface area contributed by atoms with E-state index in [0.717, 1.165) is 38.4 Å². The van der Waals surface area contributed by atoms with Crippen molar-refractivity contribution >= 4 is 0 Å². The zero-order valence-electron chi connectivity index (χ0n) is 9.91. The number of hydrogen-bond acceptors (Lipinski definition) is 3. The predicted octanol–water partition coefficient (Wildman–Crippen LogP) is 2.19. The van der Waals surface area contributed by atoms with Gasteiger partial charge in [0, 0.05) is 26.2 Å². The molecule has 3 heteroatoms. The molecule has 0 spiro atoms. The molecule has 1 aromatic rings. The van der Waals surface area contributed by atoms with Gasteiger partial charge in [-0.3, -0.25) is 4.90 Å². The molecule has 1 aliphatic rings. The van der Waals surface area contributed by atoms with Gasteiger partial charge in [-0.15, -0.1) is 6.58 Å². The molecule has 1 aromatic heterocycles. The molecule has 88 valence electrons. The highest BCUT2D eigenvalue weighted by Crippen LogP contribution is 2.27. The molecular weight excluding hydrogens is 200 g/mol. The molecule has 0 aromatic carbocycles. The number of rotatable bonds is 4. The van der Waals surface area contributed by atoms with Gasteiger partial charge in [0.1, 0.15) is 5.76 Å². The second-order valence-corrected chi connectivity index (χ2v) is 4.48. The van der Waals surface area contributed by atoms with Crippen molar-refractivity contribution in [2.75, 3.05) is 26.2 Å². The largest absolute Gasteiger partial charge is 0.468 e. The molecule has 0 amide bonds. The Kier molecular flexibility index (Phi) is 3.80. The summed E-state index contributed by atoms with van der Waals surface area (Å²) in [5, 5.41) is 3.37.